The maximum Gasteiger partial charge on any atom is 0.355 e. The van der Waals surface area contributed by atoms with Crippen LogP contribution in [0.5, 0.6) is 0 Å². The number of fused-ring (bicyclic) bond motifs is 1. The first-order valence-electron chi connectivity index (χ1n) is 8.74. The van der Waals surface area contributed by atoms with E-state index in [4.69, 9.17) is 10.5 Å². The molecule has 0 fully saturated rings. The standard InChI is InChI=1S/C19H18FN7O2/c1-10-9-14(26-25-10)22-19-24-17(16(21)11-3-5-12(20)6-4-11)23-15-8-7-13(27(15)19)18(28)29-2/h3-9,16H,21H2,1-2H3,(H2,22,23,24,25,26). The van der Waals surface area contributed by atoms with Gasteiger partial charge >= 0.3 is 5.97 Å². The SMILES string of the molecule is COC(=O)c1ccc2nc(C(N)c3ccc(F)cc3)nc(Nc3cc(C)[nH]n3)n12. The number of hydrogen-bond acceptors (Lipinski definition) is 7. The summed E-state index contributed by atoms with van der Waals surface area (Å²) in [5.41, 5.74) is 8.51. The Hall–Kier alpha value is -3.79. The van der Waals surface area contributed by atoms with Crippen LogP contribution in [-0.2, 0) is 4.74 Å². The van der Waals surface area contributed by atoms with Gasteiger partial charge < -0.3 is 15.8 Å². The Kier molecular flexibility index (Phi) is 4.69. The third kappa shape index (κ3) is 3.52. The fraction of sp³-hybridized carbons (Fsp3) is 0.158. The van der Waals surface area contributed by atoms with Gasteiger partial charge in [-0.1, -0.05) is 12.1 Å². The van der Waals surface area contributed by atoms with E-state index >= 15 is 0 Å². The first kappa shape index (κ1) is 18.6. The fourth-order valence-electron chi connectivity index (χ4n) is 2.94. The highest BCUT2D eigenvalue weighted by atomic mass is 19.1. The van der Waals surface area contributed by atoms with Gasteiger partial charge in [-0.2, -0.15) is 10.1 Å². The van der Waals surface area contributed by atoms with Crippen LogP contribution in [0.3, 0.4) is 0 Å². The van der Waals surface area contributed by atoms with Gasteiger partial charge in [-0.05, 0) is 36.8 Å². The molecule has 0 aliphatic rings. The van der Waals surface area contributed by atoms with Crippen molar-refractivity contribution in [3.05, 3.63) is 71.1 Å². The summed E-state index contributed by atoms with van der Waals surface area (Å²) in [5, 5.41) is 10.0. The number of nitrogens with one attached hydrogen (secondary N) is 2. The molecule has 0 saturated carbocycles. The molecule has 1 atom stereocenters. The second-order valence-corrected chi connectivity index (χ2v) is 6.40. The molecule has 0 radical (unpaired) electrons. The zero-order valence-electron chi connectivity index (χ0n) is 15.7. The van der Waals surface area contributed by atoms with Crippen LogP contribution >= 0.6 is 0 Å². The second kappa shape index (κ2) is 7.32. The van der Waals surface area contributed by atoms with Crippen LogP contribution < -0.4 is 11.1 Å². The molecule has 3 heterocycles. The number of carbonyl (C=O) groups is 1. The van der Waals surface area contributed by atoms with Crippen LogP contribution in [0, 0.1) is 12.7 Å². The minimum atomic E-state index is -0.696. The molecule has 0 aliphatic heterocycles. The topological polar surface area (TPSA) is 123 Å². The predicted octanol–water partition coefficient (Wildman–Crippen LogP) is 2.48. The lowest BCUT2D eigenvalue weighted by Crippen LogP contribution is -2.19. The van der Waals surface area contributed by atoms with Crippen LogP contribution in [0.15, 0.2) is 42.5 Å². The van der Waals surface area contributed by atoms with E-state index in [1.165, 1.54) is 23.6 Å². The lowest BCUT2D eigenvalue weighted by Gasteiger charge is -2.15. The molecule has 0 spiro atoms. The number of aromatic nitrogens is 5. The summed E-state index contributed by atoms with van der Waals surface area (Å²) in [7, 11) is 1.30. The number of benzene rings is 1. The molecule has 10 heteroatoms. The van der Waals surface area contributed by atoms with Crippen molar-refractivity contribution in [2.75, 3.05) is 12.4 Å². The number of H-pyrrole nitrogens is 1. The fourth-order valence-corrected chi connectivity index (χ4v) is 2.94. The van der Waals surface area contributed by atoms with Gasteiger partial charge in [-0.15, -0.1) is 0 Å². The molecule has 0 amide bonds. The van der Waals surface area contributed by atoms with E-state index in [-0.39, 0.29) is 11.5 Å². The molecule has 29 heavy (non-hydrogen) atoms. The van der Waals surface area contributed by atoms with Crippen LogP contribution in [-0.4, -0.2) is 37.6 Å². The number of hydrogen-bond donors (Lipinski definition) is 3. The average Bonchev–Trinajstić information content (AvgIpc) is 3.33. The van der Waals surface area contributed by atoms with E-state index in [0.717, 1.165) is 5.69 Å². The first-order valence-corrected chi connectivity index (χ1v) is 8.74. The van der Waals surface area contributed by atoms with Crippen molar-refractivity contribution in [1.82, 2.24) is 24.6 Å². The van der Waals surface area contributed by atoms with E-state index in [9.17, 15) is 9.18 Å². The molecule has 0 bridgehead atoms. The zero-order chi connectivity index (χ0) is 20.5. The number of halogens is 1. The van der Waals surface area contributed by atoms with E-state index in [0.29, 0.717) is 28.8 Å². The third-order valence-corrected chi connectivity index (χ3v) is 4.37. The Balaban J connectivity index is 1.84. The molecule has 1 unspecified atom stereocenters. The summed E-state index contributed by atoms with van der Waals surface area (Å²) < 4.78 is 19.6. The number of aryl methyl sites for hydroxylation is 1. The molecule has 4 N–H and O–H groups in total. The number of methoxy groups -OCH3 is 1. The number of carbonyl (C=O) groups excluding carboxylic acids is 1. The smallest absolute Gasteiger partial charge is 0.355 e. The van der Waals surface area contributed by atoms with Gasteiger partial charge in [-0.3, -0.25) is 9.50 Å². The minimum Gasteiger partial charge on any atom is -0.464 e. The molecule has 1 aromatic carbocycles. The Labute approximate surface area is 164 Å². The number of nitrogens with two attached hydrogens (primary N) is 1. The lowest BCUT2D eigenvalue weighted by atomic mass is 10.1. The summed E-state index contributed by atoms with van der Waals surface area (Å²) in [6.07, 6.45) is 0. The van der Waals surface area contributed by atoms with E-state index in [1.807, 2.05) is 6.92 Å². The molecule has 4 aromatic rings. The van der Waals surface area contributed by atoms with E-state index in [1.54, 1.807) is 30.3 Å². The maximum atomic E-state index is 13.2. The number of rotatable bonds is 5. The molecule has 3 aromatic heterocycles. The quantitative estimate of drug-likeness (QED) is 0.444. The molecule has 148 valence electrons. The summed E-state index contributed by atoms with van der Waals surface area (Å²) in [5.74, 6) is 0.203. The predicted molar refractivity (Wildman–Crippen MR) is 103 cm³/mol. The maximum absolute atomic E-state index is 13.2. The summed E-state index contributed by atoms with van der Waals surface area (Å²) in [4.78, 5) is 21.2. The van der Waals surface area contributed by atoms with Gasteiger partial charge in [0.15, 0.2) is 11.6 Å². The number of aromatic amines is 1. The van der Waals surface area contributed by atoms with Gasteiger partial charge in [0.1, 0.15) is 17.2 Å². The second-order valence-electron chi connectivity index (χ2n) is 6.40. The van der Waals surface area contributed by atoms with Crippen molar-refractivity contribution in [3.63, 3.8) is 0 Å². The monoisotopic (exact) mass is 395 g/mol. The van der Waals surface area contributed by atoms with Crippen LogP contribution in [0.2, 0.25) is 0 Å². The highest BCUT2D eigenvalue weighted by Crippen LogP contribution is 2.23. The Morgan fingerprint density at radius 2 is 2.00 bits per heavy atom. The molecule has 0 aliphatic carbocycles. The van der Waals surface area contributed by atoms with Gasteiger partial charge in [-0.25, -0.2) is 14.2 Å². The lowest BCUT2D eigenvalue weighted by molar-refractivity contribution is 0.0593. The minimum absolute atomic E-state index is 0.249. The van der Waals surface area contributed by atoms with E-state index in [2.05, 4.69) is 25.5 Å². The van der Waals surface area contributed by atoms with Crippen molar-refractivity contribution in [2.24, 2.45) is 5.73 Å². The summed E-state index contributed by atoms with van der Waals surface area (Å²) in [6.45, 7) is 1.86. The number of anilines is 2. The molecular formula is C19H18FN7O2. The van der Waals surface area contributed by atoms with Crippen molar-refractivity contribution >= 4 is 23.4 Å². The largest absolute Gasteiger partial charge is 0.464 e. The van der Waals surface area contributed by atoms with Crippen molar-refractivity contribution in [2.45, 2.75) is 13.0 Å². The normalized spacial score (nSPS) is 12.1. The zero-order valence-corrected chi connectivity index (χ0v) is 15.7. The Bertz CT molecular complexity index is 1180. The number of esters is 1. The van der Waals surface area contributed by atoms with E-state index < -0.39 is 12.0 Å². The van der Waals surface area contributed by atoms with Crippen LogP contribution in [0.1, 0.15) is 33.6 Å². The third-order valence-electron chi connectivity index (χ3n) is 4.37. The molecule has 9 nitrogen and oxygen atoms in total. The Morgan fingerprint density at radius 3 is 2.66 bits per heavy atom. The van der Waals surface area contributed by atoms with Gasteiger partial charge in [0.05, 0.1) is 13.2 Å². The van der Waals surface area contributed by atoms with Crippen LogP contribution in [0.25, 0.3) is 5.65 Å². The van der Waals surface area contributed by atoms with Gasteiger partial charge in [0.2, 0.25) is 5.95 Å². The molecule has 0 saturated heterocycles. The number of ether oxygens (including phenoxy) is 1. The van der Waals surface area contributed by atoms with Crippen LogP contribution in [0.4, 0.5) is 16.2 Å². The first-order chi connectivity index (χ1) is 14.0. The van der Waals surface area contributed by atoms with Crippen molar-refractivity contribution in [3.8, 4) is 0 Å². The Morgan fingerprint density at radius 1 is 1.24 bits per heavy atom. The number of nitrogens with zero attached hydrogens (tertiary/aromatic N) is 4. The summed E-state index contributed by atoms with van der Waals surface area (Å²) >= 11 is 0. The highest BCUT2D eigenvalue weighted by molar-refractivity contribution is 5.89. The van der Waals surface area contributed by atoms with Crippen molar-refractivity contribution < 1.29 is 13.9 Å². The van der Waals surface area contributed by atoms with Gasteiger partial charge in [0.25, 0.3) is 0 Å². The molecular weight excluding hydrogens is 377 g/mol. The summed E-state index contributed by atoms with van der Waals surface area (Å²) in [6, 6.07) is 10.1. The highest BCUT2D eigenvalue weighted by Gasteiger charge is 2.21. The average molecular weight is 395 g/mol. The van der Waals surface area contributed by atoms with Gasteiger partial charge in [0, 0.05) is 11.8 Å². The van der Waals surface area contributed by atoms with Crippen molar-refractivity contribution in [1.29, 1.82) is 0 Å². The molecule has 4 rings (SSSR count).